The Hall–Kier alpha value is -1.21. The smallest absolute Gasteiger partial charge is 0.128 e. The van der Waals surface area contributed by atoms with Gasteiger partial charge in [-0.1, -0.05) is 6.07 Å². The molecule has 0 saturated carbocycles. The summed E-state index contributed by atoms with van der Waals surface area (Å²) in [6.07, 6.45) is 2.87. The minimum absolute atomic E-state index is 0.0146. The van der Waals surface area contributed by atoms with Crippen molar-refractivity contribution in [3.05, 3.63) is 23.9 Å². The maximum Gasteiger partial charge on any atom is 0.128 e. The summed E-state index contributed by atoms with van der Waals surface area (Å²) in [6.45, 7) is 3.13. The summed E-state index contributed by atoms with van der Waals surface area (Å²) in [5.41, 5.74) is 9.87. The number of nitrogens with zero attached hydrogens (tertiary/aromatic N) is 3. The van der Waals surface area contributed by atoms with Gasteiger partial charge in [-0.05, 0) is 39.7 Å². The van der Waals surface area contributed by atoms with Crippen LogP contribution in [0.25, 0.3) is 0 Å². The molecule has 1 saturated heterocycles. The van der Waals surface area contributed by atoms with Gasteiger partial charge in [0.15, 0.2) is 0 Å². The van der Waals surface area contributed by atoms with Gasteiger partial charge in [0.25, 0.3) is 0 Å². The maximum absolute atomic E-state index is 5.98. The third-order valence-corrected chi connectivity index (χ3v) is 3.89. The van der Waals surface area contributed by atoms with Gasteiger partial charge in [0.1, 0.15) is 5.82 Å². The van der Waals surface area contributed by atoms with Crippen molar-refractivity contribution in [2.24, 2.45) is 5.84 Å². The molecule has 0 spiro atoms. The van der Waals surface area contributed by atoms with Crippen LogP contribution in [0.3, 0.4) is 0 Å². The first-order valence-corrected chi connectivity index (χ1v) is 6.68. The second kappa shape index (κ2) is 6.29. The molecule has 1 aliphatic heterocycles. The molecule has 1 fully saturated rings. The Balaban J connectivity index is 2.27. The highest BCUT2D eigenvalue weighted by Crippen LogP contribution is 2.25. The zero-order valence-corrected chi connectivity index (χ0v) is 11.7. The van der Waals surface area contributed by atoms with Gasteiger partial charge in [-0.2, -0.15) is 0 Å². The molecule has 0 aliphatic carbocycles. The number of nitrogens with two attached hydrogens (primary N) is 2. The van der Waals surface area contributed by atoms with E-state index in [1.807, 2.05) is 12.1 Å². The lowest BCUT2D eigenvalue weighted by atomic mass is 9.99. The number of hydrogen-bond donors (Lipinski definition) is 3. The fourth-order valence-corrected chi connectivity index (χ4v) is 2.77. The van der Waals surface area contributed by atoms with Gasteiger partial charge in [-0.3, -0.25) is 11.3 Å². The Bertz CT molecular complexity index is 410. The molecule has 1 aromatic heterocycles. The Labute approximate surface area is 114 Å². The van der Waals surface area contributed by atoms with E-state index in [4.69, 9.17) is 11.6 Å². The van der Waals surface area contributed by atoms with Gasteiger partial charge in [0.2, 0.25) is 0 Å². The summed E-state index contributed by atoms with van der Waals surface area (Å²) in [4.78, 5) is 8.85. The number of hydrazine groups is 1. The Morgan fingerprint density at radius 2 is 2.21 bits per heavy atom. The van der Waals surface area contributed by atoms with Crippen molar-refractivity contribution in [2.75, 3.05) is 39.5 Å². The average Bonchev–Trinajstić information content (AvgIpc) is 2.55. The first-order valence-electron chi connectivity index (χ1n) is 6.68. The van der Waals surface area contributed by atoms with E-state index in [9.17, 15) is 0 Å². The van der Waals surface area contributed by atoms with Crippen LogP contribution in [0.1, 0.15) is 18.0 Å². The predicted molar refractivity (Wildman–Crippen MR) is 77.2 cm³/mol. The molecule has 6 nitrogen and oxygen atoms in total. The molecule has 106 valence electrons. The largest absolute Gasteiger partial charge is 0.383 e. The van der Waals surface area contributed by atoms with Crippen molar-refractivity contribution < 1.29 is 0 Å². The first-order chi connectivity index (χ1) is 9.13. The second-order valence-corrected chi connectivity index (χ2v) is 5.29. The summed E-state index contributed by atoms with van der Waals surface area (Å²) in [5, 5.41) is 0. The minimum atomic E-state index is -0.0146. The van der Waals surface area contributed by atoms with Crippen LogP contribution in [-0.4, -0.2) is 54.6 Å². The fraction of sp³-hybridized carbons (Fsp3) is 0.615. The highest BCUT2D eigenvalue weighted by Gasteiger charge is 2.30. The zero-order valence-electron chi connectivity index (χ0n) is 11.7. The monoisotopic (exact) mass is 264 g/mol. The number of pyridine rings is 1. The van der Waals surface area contributed by atoms with E-state index in [1.165, 1.54) is 6.42 Å². The van der Waals surface area contributed by atoms with Crippen LogP contribution in [0.15, 0.2) is 18.3 Å². The number of aromatic nitrogens is 1. The standard InChI is InChI=1S/C13H24N6/c1-18-7-4-8-19(2)11(9-18)12(17-15)10-5-3-6-16-13(10)14/h3,5-6,11-12,17H,4,7-9,15H2,1-2H3,(H2,14,16). The number of nitrogens with one attached hydrogen (secondary N) is 1. The Morgan fingerprint density at radius 3 is 2.89 bits per heavy atom. The van der Waals surface area contributed by atoms with Crippen LogP contribution >= 0.6 is 0 Å². The summed E-state index contributed by atoms with van der Waals surface area (Å²) in [5.74, 6) is 6.33. The zero-order chi connectivity index (χ0) is 13.8. The highest BCUT2D eigenvalue weighted by atomic mass is 15.3. The van der Waals surface area contributed by atoms with E-state index in [-0.39, 0.29) is 12.1 Å². The Morgan fingerprint density at radius 1 is 1.42 bits per heavy atom. The predicted octanol–water partition coefficient (Wildman–Crippen LogP) is -0.196. The molecular weight excluding hydrogens is 240 g/mol. The van der Waals surface area contributed by atoms with Gasteiger partial charge in [-0.15, -0.1) is 0 Å². The third kappa shape index (κ3) is 3.22. The van der Waals surface area contributed by atoms with Crippen molar-refractivity contribution in [1.82, 2.24) is 20.2 Å². The highest BCUT2D eigenvalue weighted by molar-refractivity contribution is 5.41. The van der Waals surface area contributed by atoms with E-state index < -0.39 is 0 Å². The molecule has 1 aromatic rings. The molecule has 0 bridgehead atoms. The SMILES string of the molecule is CN1CCCN(C)C(C(NN)c2cccnc2N)C1. The molecule has 6 heteroatoms. The molecule has 19 heavy (non-hydrogen) atoms. The molecule has 0 aromatic carbocycles. The van der Waals surface area contributed by atoms with Crippen molar-refractivity contribution in [3.8, 4) is 0 Å². The molecule has 2 unspecified atom stereocenters. The van der Waals surface area contributed by atoms with Gasteiger partial charge >= 0.3 is 0 Å². The number of anilines is 1. The first kappa shape index (κ1) is 14.2. The second-order valence-electron chi connectivity index (χ2n) is 5.29. The molecule has 2 heterocycles. The molecule has 0 amide bonds. The normalized spacial score (nSPS) is 24.1. The van der Waals surface area contributed by atoms with Crippen molar-refractivity contribution in [2.45, 2.75) is 18.5 Å². The fourth-order valence-electron chi connectivity index (χ4n) is 2.77. The van der Waals surface area contributed by atoms with Crippen LogP contribution in [0.5, 0.6) is 0 Å². The van der Waals surface area contributed by atoms with E-state index in [1.54, 1.807) is 6.20 Å². The molecule has 1 aliphatic rings. The van der Waals surface area contributed by atoms with Crippen LogP contribution < -0.4 is 17.0 Å². The lowest BCUT2D eigenvalue weighted by Crippen LogP contribution is -2.49. The van der Waals surface area contributed by atoms with Gasteiger partial charge in [-0.25, -0.2) is 4.98 Å². The summed E-state index contributed by atoms with van der Waals surface area (Å²) >= 11 is 0. The number of rotatable bonds is 3. The van der Waals surface area contributed by atoms with Crippen molar-refractivity contribution in [1.29, 1.82) is 0 Å². The van der Waals surface area contributed by atoms with Crippen LogP contribution in [0.4, 0.5) is 5.82 Å². The lowest BCUT2D eigenvalue weighted by Gasteiger charge is -2.34. The van der Waals surface area contributed by atoms with E-state index >= 15 is 0 Å². The molecule has 0 radical (unpaired) electrons. The van der Waals surface area contributed by atoms with E-state index in [0.717, 1.165) is 25.2 Å². The quantitative estimate of drug-likeness (QED) is 0.518. The topological polar surface area (TPSA) is 83.4 Å². The lowest BCUT2D eigenvalue weighted by molar-refractivity contribution is 0.179. The van der Waals surface area contributed by atoms with Gasteiger partial charge < -0.3 is 15.5 Å². The number of likely N-dealkylation sites (N-methyl/N-ethyl adjacent to an activating group) is 2. The summed E-state index contributed by atoms with van der Waals surface area (Å²) < 4.78 is 0. The maximum atomic E-state index is 5.98. The van der Waals surface area contributed by atoms with Gasteiger partial charge in [0, 0.05) is 24.3 Å². The van der Waals surface area contributed by atoms with Crippen molar-refractivity contribution >= 4 is 5.82 Å². The minimum Gasteiger partial charge on any atom is -0.383 e. The number of hydrogen-bond acceptors (Lipinski definition) is 6. The average molecular weight is 264 g/mol. The Kier molecular flexibility index (Phi) is 4.71. The van der Waals surface area contributed by atoms with Gasteiger partial charge in [0.05, 0.1) is 6.04 Å². The van der Waals surface area contributed by atoms with E-state index in [2.05, 4.69) is 34.3 Å². The third-order valence-electron chi connectivity index (χ3n) is 3.89. The van der Waals surface area contributed by atoms with Crippen LogP contribution in [0, 0.1) is 0 Å². The molecule has 2 atom stereocenters. The molecule has 2 rings (SSSR count). The van der Waals surface area contributed by atoms with Crippen LogP contribution in [-0.2, 0) is 0 Å². The van der Waals surface area contributed by atoms with Crippen molar-refractivity contribution in [3.63, 3.8) is 0 Å². The van der Waals surface area contributed by atoms with E-state index in [0.29, 0.717) is 5.82 Å². The van der Waals surface area contributed by atoms with Crippen LogP contribution in [0.2, 0.25) is 0 Å². The summed E-state index contributed by atoms with van der Waals surface area (Å²) in [6, 6.07) is 4.16. The molecule has 5 N–H and O–H groups in total. The number of nitrogen functional groups attached to an aromatic ring is 1. The molecular formula is C13H24N6. The summed E-state index contributed by atoms with van der Waals surface area (Å²) in [7, 11) is 4.28.